The van der Waals surface area contributed by atoms with Crippen LogP contribution in [0.2, 0.25) is 0 Å². The Hall–Kier alpha value is -2.69. The minimum Gasteiger partial charge on any atom is -0.508 e. The van der Waals surface area contributed by atoms with E-state index in [9.17, 15) is 15.0 Å². The summed E-state index contributed by atoms with van der Waals surface area (Å²) in [6.45, 7) is 1.84. The number of hydrogen-bond acceptors (Lipinski definition) is 5. The maximum atomic E-state index is 12.0. The molecule has 0 aliphatic rings. The Morgan fingerprint density at radius 3 is 2.55 bits per heavy atom. The molecule has 0 radical (unpaired) electrons. The molecular formula is C15H12O5. The SMILES string of the molecule is COc1cc(C)c2c(c1)oc(=O)c1c(O)cc(O)cc12. The number of rotatable bonds is 1. The van der Waals surface area contributed by atoms with Gasteiger partial charge in [0.25, 0.3) is 0 Å². The number of aryl methyl sites for hydroxylation is 1. The summed E-state index contributed by atoms with van der Waals surface area (Å²) in [7, 11) is 1.53. The Labute approximate surface area is 113 Å². The molecule has 2 N–H and O–H groups in total. The average molecular weight is 272 g/mol. The van der Waals surface area contributed by atoms with Gasteiger partial charge in [0.1, 0.15) is 28.2 Å². The highest BCUT2D eigenvalue weighted by molar-refractivity contribution is 6.08. The van der Waals surface area contributed by atoms with Crippen LogP contribution < -0.4 is 10.4 Å². The van der Waals surface area contributed by atoms with Crippen LogP contribution in [0.3, 0.4) is 0 Å². The molecule has 0 atom stereocenters. The van der Waals surface area contributed by atoms with Gasteiger partial charge in [-0.05, 0) is 24.6 Å². The molecule has 0 bridgehead atoms. The number of aromatic hydroxyl groups is 2. The number of phenols is 2. The topological polar surface area (TPSA) is 79.9 Å². The van der Waals surface area contributed by atoms with E-state index in [1.807, 2.05) is 6.92 Å². The molecule has 5 heteroatoms. The second-order valence-electron chi connectivity index (χ2n) is 4.59. The van der Waals surface area contributed by atoms with E-state index in [0.29, 0.717) is 22.1 Å². The summed E-state index contributed by atoms with van der Waals surface area (Å²) in [6.07, 6.45) is 0. The van der Waals surface area contributed by atoms with Crippen LogP contribution in [-0.2, 0) is 0 Å². The van der Waals surface area contributed by atoms with Gasteiger partial charge in [-0.25, -0.2) is 4.79 Å². The lowest BCUT2D eigenvalue weighted by molar-refractivity contribution is 0.414. The Morgan fingerprint density at radius 1 is 1.10 bits per heavy atom. The normalized spacial score (nSPS) is 11.1. The van der Waals surface area contributed by atoms with Gasteiger partial charge >= 0.3 is 5.63 Å². The maximum absolute atomic E-state index is 12.0. The van der Waals surface area contributed by atoms with E-state index in [-0.39, 0.29) is 16.9 Å². The van der Waals surface area contributed by atoms with E-state index < -0.39 is 5.63 Å². The summed E-state index contributed by atoms with van der Waals surface area (Å²) in [5, 5.41) is 20.6. The van der Waals surface area contributed by atoms with E-state index in [0.717, 1.165) is 11.6 Å². The van der Waals surface area contributed by atoms with Gasteiger partial charge in [-0.1, -0.05) is 0 Å². The molecule has 2 aromatic carbocycles. The number of ether oxygens (including phenoxy) is 1. The first kappa shape index (κ1) is 12.3. The zero-order valence-electron chi connectivity index (χ0n) is 10.9. The first-order valence-corrected chi connectivity index (χ1v) is 5.98. The second kappa shape index (κ2) is 4.16. The van der Waals surface area contributed by atoms with Gasteiger partial charge in [-0.2, -0.15) is 0 Å². The van der Waals surface area contributed by atoms with Crippen molar-refractivity contribution in [2.24, 2.45) is 0 Å². The number of hydrogen-bond donors (Lipinski definition) is 2. The summed E-state index contributed by atoms with van der Waals surface area (Å²) in [5.74, 6) is 0.157. The predicted molar refractivity (Wildman–Crippen MR) is 74.6 cm³/mol. The van der Waals surface area contributed by atoms with Gasteiger partial charge in [-0.15, -0.1) is 0 Å². The fourth-order valence-corrected chi connectivity index (χ4v) is 2.44. The van der Waals surface area contributed by atoms with E-state index in [4.69, 9.17) is 9.15 Å². The first-order valence-electron chi connectivity index (χ1n) is 5.98. The third-order valence-corrected chi connectivity index (χ3v) is 3.29. The van der Waals surface area contributed by atoms with Crippen molar-refractivity contribution in [2.75, 3.05) is 7.11 Å². The van der Waals surface area contributed by atoms with Crippen molar-refractivity contribution in [2.45, 2.75) is 6.92 Å². The number of fused-ring (bicyclic) bond motifs is 3. The van der Waals surface area contributed by atoms with Gasteiger partial charge in [0.2, 0.25) is 0 Å². The van der Waals surface area contributed by atoms with Crippen molar-refractivity contribution in [3.63, 3.8) is 0 Å². The lowest BCUT2D eigenvalue weighted by Gasteiger charge is -2.09. The highest BCUT2D eigenvalue weighted by Crippen LogP contribution is 2.35. The largest absolute Gasteiger partial charge is 0.508 e. The van der Waals surface area contributed by atoms with Crippen LogP contribution in [0.1, 0.15) is 5.56 Å². The van der Waals surface area contributed by atoms with Crippen LogP contribution >= 0.6 is 0 Å². The summed E-state index contributed by atoms with van der Waals surface area (Å²) in [6, 6.07) is 5.95. The molecule has 0 fully saturated rings. The monoisotopic (exact) mass is 272 g/mol. The van der Waals surface area contributed by atoms with Gasteiger partial charge in [-0.3, -0.25) is 0 Å². The lowest BCUT2D eigenvalue weighted by atomic mass is 10.0. The zero-order chi connectivity index (χ0) is 14.4. The minimum atomic E-state index is -0.655. The van der Waals surface area contributed by atoms with Gasteiger partial charge in [0.15, 0.2) is 0 Å². The summed E-state index contributed by atoms with van der Waals surface area (Å²) < 4.78 is 10.4. The summed E-state index contributed by atoms with van der Waals surface area (Å²) in [4.78, 5) is 12.0. The molecule has 20 heavy (non-hydrogen) atoms. The average Bonchev–Trinajstić information content (AvgIpc) is 2.36. The van der Waals surface area contributed by atoms with Crippen LogP contribution in [0.5, 0.6) is 17.2 Å². The van der Waals surface area contributed by atoms with E-state index in [1.54, 1.807) is 12.1 Å². The Balaban J connectivity index is 2.62. The molecular weight excluding hydrogens is 260 g/mol. The third-order valence-electron chi connectivity index (χ3n) is 3.29. The van der Waals surface area contributed by atoms with Crippen LogP contribution in [0.25, 0.3) is 21.7 Å². The third kappa shape index (κ3) is 1.67. The second-order valence-corrected chi connectivity index (χ2v) is 4.59. The summed E-state index contributed by atoms with van der Waals surface area (Å²) >= 11 is 0. The van der Waals surface area contributed by atoms with Crippen molar-refractivity contribution in [3.05, 3.63) is 40.2 Å². The first-order chi connectivity index (χ1) is 9.51. The van der Waals surface area contributed by atoms with Crippen molar-refractivity contribution in [1.82, 2.24) is 0 Å². The smallest absolute Gasteiger partial charge is 0.347 e. The standard InChI is InChI=1S/C15H12O5/c1-7-3-9(19-2)6-12-13(7)10-4-8(16)5-11(17)14(10)15(18)20-12/h3-6,16-17H,1-2H3. The lowest BCUT2D eigenvalue weighted by Crippen LogP contribution is -2.01. The van der Waals surface area contributed by atoms with E-state index in [2.05, 4.69) is 0 Å². The van der Waals surface area contributed by atoms with Gasteiger partial charge < -0.3 is 19.4 Å². The van der Waals surface area contributed by atoms with Gasteiger partial charge in [0.05, 0.1) is 7.11 Å². The fourth-order valence-electron chi connectivity index (χ4n) is 2.44. The summed E-state index contributed by atoms with van der Waals surface area (Å²) in [5.41, 5.74) is 0.514. The predicted octanol–water partition coefficient (Wildman–Crippen LogP) is 2.67. The molecule has 0 saturated carbocycles. The minimum absolute atomic E-state index is 0.0589. The molecule has 0 amide bonds. The Kier molecular flexibility index (Phi) is 2.57. The Morgan fingerprint density at radius 2 is 1.85 bits per heavy atom. The highest BCUT2D eigenvalue weighted by Gasteiger charge is 2.15. The molecule has 0 saturated heterocycles. The van der Waals surface area contributed by atoms with Crippen LogP contribution in [0.15, 0.2) is 33.5 Å². The van der Waals surface area contributed by atoms with Crippen LogP contribution in [0, 0.1) is 6.92 Å². The van der Waals surface area contributed by atoms with Crippen molar-refractivity contribution in [3.8, 4) is 17.2 Å². The highest BCUT2D eigenvalue weighted by atomic mass is 16.5. The zero-order valence-corrected chi connectivity index (χ0v) is 10.9. The number of phenolic OH excluding ortho intramolecular Hbond substituents is 2. The van der Waals surface area contributed by atoms with Crippen LogP contribution in [0.4, 0.5) is 0 Å². The molecule has 102 valence electrons. The molecule has 0 aliphatic carbocycles. The molecule has 0 spiro atoms. The molecule has 1 heterocycles. The molecule has 3 aromatic rings. The van der Waals surface area contributed by atoms with E-state index in [1.165, 1.54) is 13.2 Å². The number of methoxy groups -OCH3 is 1. The Bertz CT molecular complexity index is 892. The molecule has 5 nitrogen and oxygen atoms in total. The maximum Gasteiger partial charge on any atom is 0.347 e. The van der Waals surface area contributed by atoms with Gasteiger partial charge in [0, 0.05) is 22.9 Å². The fraction of sp³-hybridized carbons (Fsp3) is 0.133. The van der Waals surface area contributed by atoms with E-state index >= 15 is 0 Å². The van der Waals surface area contributed by atoms with Crippen molar-refractivity contribution >= 4 is 21.7 Å². The molecule has 0 unspecified atom stereocenters. The number of benzene rings is 2. The molecule has 0 aliphatic heterocycles. The van der Waals surface area contributed by atoms with Crippen LogP contribution in [-0.4, -0.2) is 17.3 Å². The molecule has 3 rings (SSSR count). The van der Waals surface area contributed by atoms with Crippen molar-refractivity contribution < 1.29 is 19.4 Å². The van der Waals surface area contributed by atoms with Crippen molar-refractivity contribution in [1.29, 1.82) is 0 Å². The molecule has 1 aromatic heterocycles. The quantitative estimate of drug-likeness (QED) is 0.526.